The Kier molecular flexibility index (Phi) is 4.10. The van der Waals surface area contributed by atoms with Crippen LogP contribution >= 0.6 is 0 Å². The molecule has 0 atom stereocenters. The number of rotatable bonds is 2. The second kappa shape index (κ2) is 4.32. The van der Waals surface area contributed by atoms with Gasteiger partial charge in [0.15, 0.2) is 0 Å². The molecule has 0 amide bonds. The first-order valence-corrected chi connectivity index (χ1v) is 3.43. The summed E-state index contributed by atoms with van der Waals surface area (Å²) in [6, 6.07) is 0. The average Bonchev–Trinajstić information content (AvgIpc) is 1.78. The molecule has 0 spiro atoms. The summed E-state index contributed by atoms with van der Waals surface area (Å²) >= 11 is 0. The van der Waals surface area contributed by atoms with Crippen molar-refractivity contribution >= 4 is 0 Å². The molecule has 0 aliphatic carbocycles. The van der Waals surface area contributed by atoms with Gasteiger partial charge >= 0.3 is 0 Å². The molecule has 0 aromatic carbocycles. The monoisotopic (exact) mass is 141 g/mol. The molecule has 58 valence electrons. The molecule has 2 N–H and O–H groups in total. The Hall–Kier alpha value is -0.520. The molecule has 2 heteroatoms. The first kappa shape index (κ1) is 9.48. The van der Waals surface area contributed by atoms with Crippen LogP contribution in [-0.4, -0.2) is 11.8 Å². The third-order valence-corrected chi connectivity index (χ3v) is 0.825. The van der Waals surface area contributed by atoms with E-state index >= 15 is 0 Å². The zero-order valence-electron chi connectivity index (χ0n) is 6.86. The van der Waals surface area contributed by atoms with Crippen LogP contribution in [0.2, 0.25) is 0 Å². The van der Waals surface area contributed by atoms with Gasteiger partial charge in [-0.3, -0.25) is 0 Å². The van der Waals surface area contributed by atoms with Gasteiger partial charge in [-0.1, -0.05) is 5.92 Å². The minimum absolute atomic E-state index is 0.0788. The fourth-order valence-corrected chi connectivity index (χ4v) is 0.446. The molecule has 0 saturated heterocycles. The van der Waals surface area contributed by atoms with Crippen LogP contribution in [0.1, 0.15) is 27.2 Å². The fraction of sp³-hybridized carbons (Fsp3) is 0.750. The molecule has 0 heterocycles. The van der Waals surface area contributed by atoms with Crippen molar-refractivity contribution in [3.63, 3.8) is 0 Å². The quantitative estimate of drug-likeness (QED) is 0.346. The van der Waals surface area contributed by atoms with E-state index in [4.69, 9.17) is 5.21 Å². The molecule has 0 aromatic rings. The van der Waals surface area contributed by atoms with E-state index in [2.05, 4.69) is 38.1 Å². The van der Waals surface area contributed by atoms with Gasteiger partial charge in [-0.25, -0.2) is 5.48 Å². The van der Waals surface area contributed by atoms with Crippen molar-refractivity contribution in [1.82, 2.24) is 5.48 Å². The third kappa shape index (κ3) is 7.48. The second-order valence-electron chi connectivity index (χ2n) is 3.21. The van der Waals surface area contributed by atoms with E-state index in [0.717, 1.165) is 0 Å². The smallest absolute Gasteiger partial charge is 0.0317 e. The number of nitrogens with one attached hydrogen (secondary N) is 1. The Morgan fingerprint density at radius 1 is 1.40 bits per heavy atom. The van der Waals surface area contributed by atoms with Crippen molar-refractivity contribution in [2.24, 2.45) is 5.41 Å². The van der Waals surface area contributed by atoms with E-state index in [0.29, 0.717) is 13.0 Å². The SMILES string of the molecule is CC(C)(C)C#CCCNO. The maximum Gasteiger partial charge on any atom is 0.0317 e. The van der Waals surface area contributed by atoms with E-state index in [1.165, 1.54) is 0 Å². The molecule has 0 bridgehead atoms. The molecule has 0 rings (SSSR count). The lowest BCUT2D eigenvalue weighted by molar-refractivity contribution is 0.169. The van der Waals surface area contributed by atoms with Gasteiger partial charge in [0.1, 0.15) is 0 Å². The van der Waals surface area contributed by atoms with Crippen molar-refractivity contribution in [3.05, 3.63) is 0 Å². The lowest BCUT2D eigenvalue weighted by Gasteiger charge is -2.06. The van der Waals surface area contributed by atoms with Gasteiger partial charge < -0.3 is 5.21 Å². The van der Waals surface area contributed by atoms with Crippen LogP contribution in [0.15, 0.2) is 0 Å². The molecule has 0 aliphatic rings. The van der Waals surface area contributed by atoms with Crippen LogP contribution in [0.25, 0.3) is 0 Å². The van der Waals surface area contributed by atoms with Crippen LogP contribution in [0.3, 0.4) is 0 Å². The van der Waals surface area contributed by atoms with Crippen molar-refractivity contribution in [3.8, 4) is 11.8 Å². The normalized spacial score (nSPS) is 10.4. The summed E-state index contributed by atoms with van der Waals surface area (Å²) in [5.74, 6) is 6.01. The van der Waals surface area contributed by atoms with Gasteiger partial charge in [-0.05, 0) is 20.8 Å². The molecule has 0 fully saturated rings. The summed E-state index contributed by atoms with van der Waals surface area (Å²) in [7, 11) is 0. The molecule has 0 saturated carbocycles. The predicted molar refractivity (Wildman–Crippen MR) is 41.6 cm³/mol. The minimum atomic E-state index is 0.0788. The summed E-state index contributed by atoms with van der Waals surface area (Å²) in [4.78, 5) is 0. The Labute approximate surface area is 62.6 Å². The largest absolute Gasteiger partial charge is 0.317 e. The maximum atomic E-state index is 8.18. The fourth-order valence-electron chi connectivity index (χ4n) is 0.446. The number of hydrogen-bond donors (Lipinski definition) is 2. The molecular weight excluding hydrogens is 126 g/mol. The maximum absolute atomic E-state index is 8.18. The molecule has 2 nitrogen and oxygen atoms in total. The first-order valence-electron chi connectivity index (χ1n) is 3.43. The minimum Gasteiger partial charge on any atom is -0.317 e. The van der Waals surface area contributed by atoms with Crippen molar-refractivity contribution in [1.29, 1.82) is 0 Å². The number of hydrogen-bond acceptors (Lipinski definition) is 2. The van der Waals surface area contributed by atoms with Gasteiger partial charge in [0.2, 0.25) is 0 Å². The van der Waals surface area contributed by atoms with Crippen LogP contribution in [0, 0.1) is 17.3 Å². The van der Waals surface area contributed by atoms with Crippen molar-refractivity contribution < 1.29 is 5.21 Å². The molecular formula is C8H15NO. The number of hydroxylamine groups is 1. The highest BCUT2D eigenvalue weighted by Gasteiger charge is 2.02. The Balaban J connectivity index is 3.50. The molecule has 10 heavy (non-hydrogen) atoms. The van der Waals surface area contributed by atoms with Gasteiger partial charge in [0.05, 0.1) is 0 Å². The highest BCUT2D eigenvalue weighted by Crippen LogP contribution is 2.09. The summed E-state index contributed by atoms with van der Waals surface area (Å²) in [5, 5.41) is 8.18. The zero-order chi connectivity index (χ0) is 8.04. The highest BCUT2D eigenvalue weighted by molar-refractivity contribution is 5.07. The van der Waals surface area contributed by atoms with Gasteiger partial charge in [-0.15, -0.1) is 5.92 Å². The van der Waals surface area contributed by atoms with E-state index in [1.54, 1.807) is 0 Å². The zero-order valence-corrected chi connectivity index (χ0v) is 6.86. The average molecular weight is 141 g/mol. The van der Waals surface area contributed by atoms with Crippen LogP contribution in [0.4, 0.5) is 0 Å². The Morgan fingerprint density at radius 3 is 2.40 bits per heavy atom. The standard InChI is InChI=1S/C8H15NO/c1-8(2,3)6-4-5-7-9-10/h9-10H,5,7H2,1-3H3. The summed E-state index contributed by atoms with van der Waals surface area (Å²) in [5.41, 5.74) is 2.13. The van der Waals surface area contributed by atoms with Crippen LogP contribution in [-0.2, 0) is 0 Å². The highest BCUT2D eigenvalue weighted by atomic mass is 16.5. The van der Waals surface area contributed by atoms with Crippen LogP contribution < -0.4 is 5.48 Å². The van der Waals surface area contributed by atoms with Crippen molar-refractivity contribution in [2.75, 3.05) is 6.54 Å². The second-order valence-corrected chi connectivity index (χ2v) is 3.21. The van der Waals surface area contributed by atoms with Crippen LogP contribution in [0.5, 0.6) is 0 Å². The topological polar surface area (TPSA) is 32.3 Å². The van der Waals surface area contributed by atoms with E-state index in [-0.39, 0.29) is 5.41 Å². The molecule has 0 radical (unpaired) electrons. The first-order chi connectivity index (χ1) is 4.56. The Morgan fingerprint density at radius 2 is 2.00 bits per heavy atom. The van der Waals surface area contributed by atoms with Gasteiger partial charge in [0.25, 0.3) is 0 Å². The molecule has 0 aromatic heterocycles. The van der Waals surface area contributed by atoms with Gasteiger partial charge in [0, 0.05) is 18.4 Å². The summed E-state index contributed by atoms with van der Waals surface area (Å²) < 4.78 is 0. The van der Waals surface area contributed by atoms with Gasteiger partial charge in [-0.2, -0.15) is 0 Å². The van der Waals surface area contributed by atoms with E-state index < -0.39 is 0 Å². The summed E-state index contributed by atoms with van der Waals surface area (Å²) in [6.07, 6.45) is 0.702. The van der Waals surface area contributed by atoms with Crippen molar-refractivity contribution in [2.45, 2.75) is 27.2 Å². The third-order valence-electron chi connectivity index (χ3n) is 0.825. The van der Waals surface area contributed by atoms with E-state index in [9.17, 15) is 0 Å². The lowest BCUT2D eigenvalue weighted by Crippen LogP contribution is -2.07. The Bertz CT molecular complexity index is 136. The molecule has 0 aliphatic heterocycles. The lowest BCUT2D eigenvalue weighted by atomic mass is 9.98. The predicted octanol–water partition coefficient (Wildman–Crippen LogP) is 1.40. The summed E-state index contributed by atoms with van der Waals surface area (Å²) in [6.45, 7) is 6.73. The van der Waals surface area contributed by atoms with E-state index in [1.807, 2.05) is 0 Å². The molecule has 0 unspecified atom stereocenters.